The number of nitrogens with zero attached hydrogens (tertiary/aromatic N) is 1. The number of hydrazone groups is 1. The van der Waals surface area contributed by atoms with Gasteiger partial charge in [0.15, 0.2) is 11.5 Å². The summed E-state index contributed by atoms with van der Waals surface area (Å²) in [5, 5.41) is 4.40. The quantitative estimate of drug-likeness (QED) is 0.0790. The second-order valence-corrected chi connectivity index (χ2v) is 10.4. The summed E-state index contributed by atoms with van der Waals surface area (Å²) in [6, 6.07) is 21.5. The van der Waals surface area contributed by atoms with Gasteiger partial charge in [0.25, 0.3) is 5.91 Å². The van der Waals surface area contributed by atoms with E-state index in [0.29, 0.717) is 16.7 Å². The maximum Gasteiger partial charge on any atom is 0.418 e. The number of aromatic amines is 1. The predicted molar refractivity (Wildman–Crippen MR) is 161 cm³/mol. The van der Waals surface area contributed by atoms with Crippen molar-refractivity contribution >= 4 is 56.5 Å². The number of amides is 1. The lowest BCUT2D eigenvalue weighted by Crippen LogP contribution is -2.19. The molecule has 0 spiro atoms. The number of hydrogen-bond acceptors (Lipinski definition) is 5. The molecule has 12 heteroatoms. The standard InChI is InChI=1S/C31H20BrClF3N3O4/c1-42-25-15-17(9-14-24(25)43-30(41)18-10-12-19(32)13-11-18)16-37-39-29(40)28-26(20-5-2-3-8-23(20)33)21-6-4-7-22(27(21)38-28)31(34,35)36/h2-16,38H,1H3,(H,39,40). The van der Waals surface area contributed by atoms with E-state index in [9.17, 15) is 22.8 Å². The SMILES string of the molecule is COc1cc(C=NNC(=O)c2[nH]c3c(C(F)(F)F)cccc3c2-c2ccccc2Cl)ccc1OC(=O)c1ccc(Br)cc1. The van der Waals surface area contributed by atoms with Gasteiger partial charge in [-0.1, -0.05) is 57.9 Å². The average molecular weight is 671 g/mol. The number of rotatable bonds is 7. The van der Waals surface area contributed by atoms with E-state index in [2.05, 4.69) is 31.4 Å². The van der Waals surface area contributed by atoms with Gasteiger partial charge >= 0.3 is 12.1 Å². The highest BCUT2D eigenvalue weighted by molar-refractivity contribution is 9.10. The highest BCUT2D eigenvalue weighted by Gasteiger charge is 2.35. The molecule has 0 aliphatic rings. The molecule has 218 valence electrons. The van der Waals surface area contributed by atoms with Gasteiger partial charge in [0.1, 0.15) is 5.69 Å². The first-order valence-electron chi connectivity index (χ1n) is 12.5. The van der Waals surface area contributed by atoms with E-state index in [1.165, 1.54) is 37.6 Å². The Bertz CT molecular complexity index is 1870. The number of hydrogen-bond donors (Lipinski definition) is 2. The normalized spacial score (nSPS) is 11.6. The molecule has 2 N–H and O–H groups in total. The Labute approximate surface area is 256 Å². The minimum absolute atomic E-state index is 0.148. The van der Waals surface area contributed by atoms with Crippen LogP contribution in [0.25, 0.3) is 22.0 Å². The Morgan fingerprint density at radius 2 is 1.72 bits per heavy atom. The lowest BCUT2D eigenvalue weighted by Gasteiger charge is -2.10. The number of H-pyrrole nitrogens is 1. The predicted octanol–water partition coefficient (Wildman–Crippen LogP) is 8.26. The molecule has 0 aliphatic carbocycles. The van der Waals surface area contributed by atoms with Crippen molar-refractivity contribution in [2.75, 3.05) is 7.11 Å². The van der Waals surface area contributed by atoms with Crippen LogP contribution in [-0.4, -0.2) is 30.2 Å². The van der Waals surface area contributed by atoms with E-state index in [0.717, 1.165) is 10.5 Å². The van der Waals surface area contributed by atoms with Crippen molar-refractivity contribution in [1.82, 2.24) is 10.4 Å². The number of carbonyl (C=O) groups is 2. The topological polar surface area (TPSA) is 92.8 Å². The van der Waals surface area contributed by atoms with Crippen molar-refractivity contribution in [2.45, 2.75) is 6.18 Å². The molecule has 0 saturated carbocycles. The molecule has 0 fully saturated rings. The number of benzene rings is 4. The number of nitrogens with one attached hydrogen (secondary N) is 2. The second kappa shape index (κ2) is 12.3. The lowest BCUT2D eigenvalue weighted by atomic mass is 10.00. The fourth-order valence-electron chi connectivity index (χ4n) is 4.38. The number of ether oxygens (including phenoxy) is 2. The Hall–Kier alpha value is -4.61. The van der Waals surface area contributed by atoms with E-state index >= 15 is 0 Å². The number of fused-ring (bicyclic) bond motifs is 1. The number of carbonyl (C=O) groups excluding carboxylic acids is 2. The zero-order valence-corrected chi connectivity index (χ0v) is 24.5. The van der Waals surface area contributed by atoms with E-state index in [1.54, 1.807) is 54.6 Å². The molecule has 0 bridgehead atoms. The van der Waals surface area contributed by atoms with E-state index in [-0.39, 0.29) is 38.7 Å². The van der Waals surface area contributed by atoms with Gasteiger partial charge in [-0.2, -0.15) is 18.3 Å². The van der Waals surface area contributed by atoms with Crippen LogP contribution in [0.5, 0.6) is 11.5 Å². The van der Waals surface area contributed by atoms with Gasteiger partial charge in [0, 0.05) is 26.0 Å². The molecular weight excluding hydrogens is 651 g/mol. The number of para-hydroxylation sites is 1. The van der Waals surface area contributed by atoms with Crippen molar-refractivity contribution in [2.24, 2.45) is 5.10 Å². The van der Waals surface area contributed by atoms with E-state index in [4.69, 9.17) is 21.1 Å². The lowest BCUT2D eigenvalue weighted by molar-refractivity contribution is -0.136. The number of esters is 1. The first-order chi connectivity index (χ1) is 20.6. The maximum atomic E-state index is 13.8. The van der Waals surface area contributed by atoms with Crippen molar-refractivity contribution in [3.63, 3.8) is 0 Å². The first-order valence-corrected chi connectivity index (χ1v) is 13.7. The highest BCUT2D eigenvalue weighted by Crippen LogP contribution is 2.41. The third-order valence-corrected chi connectivity index (χ3v) is 7.22. The smallest absolute Gasteiger partial charge is 0.418 e. The Balaban J connectivity index is 1.41. The van der Waals surface area contributed by atoms with Crippen LogP contribution in [0.15, 0.2) is 94.5 Å². The number of alkyl halides is 3. The molecule has 0 radical (unpaired) electrons. The molecule has 0 unspecified atom stereocenters. The van der Waals surface area contributed by atoms with Gasteiger partial charge < -0.3 is 14.5 Å². The molecule has 43 heavy (non-hydrogen) atoms. The monoisotopic (exact) mass is 669 g/mol. The fourth-order valence-corrected chi connectivity index (χ4v) is 4.88. The Morgan fingerprint density at radius 1 is 0.977 bits per heavy atom. The average Bonchev–Trinajstić information content (AvgIpc) is 3.37. The van der Waals surface area contributed by atoms with Crippen LogP contribution in [0.1, 0.15) is 32.0 Å². The van der Waals surface area contributed by atoms with E-state index in [1.807, 2.05) is 0 Å². The zero-order chi connectivity index (χ0) is 30.7. The minimum Gasteiger partial charge on any atom is -0.493 e. The highest BCUT2D eigenvalue weighted by atomic mass is 79.9. The summed E-state index contributed by atoms with van der Waals surface area (Å²) in [7, 11) is 1.40. The van der Waals surface area contributed by atoms with Crippen LogP contribution < -0.4 is 14.9 Å². The van der Waals surface area contributed by atoms with Crippen LogP contribution in [0.4, 0.5) is 13.2 Å². The molecule has 7 nitrogen and oxygen atoms in total. The van der Waals surface area contributed by atoms with Crippen LogP contribution in [0, 0.1) is 0 Å². The first kappa shape index (κ1) is 29.9. The molecular formula is C31H20BrClF3N3O4. The molecule has 1 amide bonds. The van der Waals surface area contributed by atoms with Crippen molar-refractivity contribution in [3.05, 3.63) is 117 Å². The largest absolute Gasteiger partial charge is 0.493 e. The minimum atomic E-state index is -4.66. The number of halogens is 5. The van der Waals surface area contributed by atoms with Gasteiger partial charge in [-0.25, -0.2) is 10.2 Å². The number of methoxy groups -OCH3 is 1. The molecule has 4 aromatic carbocycles. The van der Waals surface area contributed by atoms with Gasteiger partial charge in [0.2, 0.25) is 0 Å². The summed E-state index contributed by atoms with van der Waals surface area (Å²) in [5.74, 6) is -0.972. The summed E-state index contributed by atoms with van der Waals surface area (Å²) in [6.45, 7) is 0. The van der Waals surface area contributed by atoms with Gasteiger partial charge in [-0.15, -0.1) is 0 Å². The van der Waals surface area contributed by atoms with Crippen LogP contribution in [-0.2, 0) is 6.18 Å². The van der Waals surface area contributed by atoms with Crippen LogP contribution >= 0.6 is 27.5 Å². The van der Waals surface area contributed by atoms with Gasteiger partial charge in [0.05, 0.1) is 30.0 Å². The summed E-state index contributed by atoms with van der Waals surface area (Å²) >= 11 is 9.69. The van der Waals surface area contributed by atoms with Crippen LogP contribution in [0.3, 0.4) is 0 Å². The molecule has 0 saturated heterocycles. The molecule has 5 rings (SSSR count). The summed E-state index contributed by atoms with van der Waals surface area (Å²) in [6.07, 6.45) is -3.36. The molecule has 5 aromatic rings. The summed E-state index contributed by atoms with van der Waals surface area (Å²) in [4.78, 5) is 28.4. The molecule has 1 heterocycles. The van der Waals surface area contributed by atoms with Crippen molar-refractivity contribution in [3.8, 4) is 22.6 Å². The van der Waals surface area contributed by atoms with Crippen molar-refractivity contribution < 1.29 is 32.2 Å². The zero-order valence-electron chi connectivity index (χ0n) is 22.1. The third kappa shape index (κ3) is 6.42. The van der Waals surface area contributed by atoms with Crippen LogP contribution in [0.2, 0.25) is 5.02 Å². The molecule has 0 atom stereocenters. The summed E-state index contributed by atoms with van der Waals surface area (Å²) in [5.41, 5.74) is 2.43. The molecule has 0 aliphatic heterocycles. The van der Waals surface area contributed by atoms with Crippen molar-refractivity contribution in [1.29, 1.82) is 0 Å². The van der Waals surface area contributed by atoms with Gasteiger partial charge in [-0.3, -0.25) is 4.79 Å². The van der Waals surface area contributed by atoms with Gasteiger partial charge in [-0.05, 0) is 60.2 Å². The second-order valence-electron chi connectivity index (χ2n) is 9.09. The number of aromatic nitrogens is 1. The fraction of sp³-hybridized carbons (Fsp3) is 0.0645. The third-order valence-electron chi connectivity index (χ3n) is 6.36. The Kier molecular flexibility index (Phi) is 8.56. The molecule has 1 aromatic heterocycles. The maximum absolute atomic E-state index is 13.8. The summed E-state index contributed by atoms with van der Waals surface area (Å²) < 4.78 is 53.0. The van der Waals surface area contributed by atoms with E-state index < -0.39 is 23.6 Å². The Morgan fingerprint density at radius 3 is 2.42 bits per heavy atom.